The van der Waals surface area contributed by atoms with Gasteiger partial charge in [-0.05, 0) is 29.8 Å². The van der Waals surface area contributed by atoms with E-state index in [0.29, 0.717) is 0 Å². The lowest BCUT2D eigenvalue weighted by atomic mass is 10.1. The van der Waals surface area contributed by atoms with Crippen LogP contribution in [0.25, 0.3) is 11.3 Å². The van der Waals surface area contributed by atoms with Gasteiger partial charge in [0.15, 0.2) is 5.82 Å². The number of hydrogen-bond donors (Lipinski definition) is 0. The van der Waals surface area contributed by atoms with Crippen molar-refractivity contribution < 1.29 is 8.78 Å². The van der Waals surface area contributed by atoms with Crippen LogP contribution in [0.5, 0.6) is 0 Å². The molecule has 0 aliphatic carbocycles. The van der Waals surface area contributed by atoms with Gasteiger partial charge in [0.2, 0.25) is 5.28 Å². The Hall–Kier alpha value is -2.06. The second-order valence-corrected chi connectivity index (χ2v) is 3.51. The van der Waals surface area contributed by atoms with Crippen molar-refractivity contribution in [1.29, 1.82) is 5.26 Å². The summed E-state index contributed by atoms with van der Waals surface area (Å²) in [5, 5.41) is 8.54. The van der Waals surface area contributed by atoms with E-state index in [1.54, 1.807) is 6.07 Å². The maximum atomic E-state index is 13.4. The molecular weight excluding hydrogens is 248 g/mol. The zero-order valence-corrected chi connectivity index (χ0v) is 9.04. The van der Waals surface area contributed by atoms with Crippen LogP contribution >= 0.6 is 11.6 Å². The molecule has 0 saturated heterocycles. The monoisotopic (exact) mass is 251 g/mol. The molecule has 2 rings (SSSR count). The first-order chi connectivity index (χ1) is 8.10. The van der Waals surface area contributed by atoms with E-state index in [1.165, 1.54) is 6.07 Å². The third-order valence-corrected chi connectivity index (χ3v) is 2.20. The van der Waals surface area contributed by atoms with Gasteiger partial charge in [-0.1, -0.05) is 0 Å². The molecule has 1 aromatic carbocycles. The first-order valence-electron chi connectivity index (χ1n) is 4.49. The standard InChI is InChI=1S/C11H4ClF2N3/c12-11-16-5-9(14)10(17-11)7-1-6(4-15)2-8(13)3-7/h1-3,5H. The number of nitrogens with zero attached hydrogens (tertiary/aromatic N) is 3. The summed E-state index contributed by atoms with van der Waals surface area (Å²) in [6.07, 6.45) is 0.890. The summed E-state index contributed by atoms with van der Waals surface area (Å²) in [6, 6.07) is 5.22. The fourth-order valence-electron chi connectivity index (χ4n) is 1.34. The highest BCUT2D eigenvalue weighted by Gasteiger charge is 2.11. The summed E-state index contributed by atoms with van der Waals surface area (Å²) in [6.45, 7) is 0. The minimum atomic E-state index is -0.733. The lowest BCUT2D eigenvalue weighted by Gasteiger charge is -2.03. The van der Waals surface area contributed by atoms with Gasteiger partial charge in [-0.2, -0.15) is 5.26 Å². The molecule has 0 atom stereocenters. The number of hydrogen-bond acceptors (Lipinski definition) is 3. The maximum Gasteiger partial charge on any atom is 0.223 e. The maximum absolute atomic E-state index is 13.4. The fourth-order valence-corrected chi connectivity index (χ4v) is 1.47. The Morgan fingerprint density at radius 1 is 1.24 bits per heavy atom. The third-order valence-electron chi connectivity index (χ3n) is 2.02. The topological polar surface area (TPSA) is 49.6 Å². The Morgan fingerprint density at radius 2 is 2.00 bits per heavy atom. The minimum Gasteiger partial charge on any atom is -0.223 e. The van der Waals surface area contributed by atoms with Crippen molar-refractivity contribution in [2.24, 2.45) is 0 Å². The molecule has 0 saturated carbocycles. The lowest BCUT2D eigenvalue weighted by molar-refractivity contribution is 0.615. The molecule has 1 heterocycles. The smallest absolute Gasteiger partial charge is 0.223 e. The van der Waals surface area contributed by atoms with E-state index in [2.05, 4.69) is 9.97 Å². The zero-order valence-electron chi connectivity index (χ0n) is 8.28. The molecule has 0 spiro atoms. The van der Waals surface area contributed by atoms with Crippen LogP contribution in [0, 0.1) is 23.0 Å². The van der Waals surface area contributed by atoms with Crippen LogP contribution < -0.4 is 0 Å². The summed E-state index contributed by atoms with van der Waals surface area (Å²) in [5.41, 5.74) is 0.0819. The van der Waals surface area contributed by atoms with Crippen molar-refractivity contribution in [1.82, 2.24) is 9.97 Å². The molecule has 0 fully saturated rings. The molecule has 0 unspecified atom stereocenters. The van der Waals surface area contributed by atoms with Crippen LogP contribution in [-0.2, 0) is 0 Å². The largest absolute Gasteiger partial charge is 0.223 e. The van der Waals surface area contributed by atoms with Crippen LogP contribution in [0.4, 0.5) is 8.78 Å². The lowest BCUT2D eigenvalue weighted by Crippen LogP contribution is -1.94. The van der Waals surface area contributed by atoms with Gasteiger partial charge < -0.3 is 0 Å². The normalized spacial score (nSPS) is 10.0. The van der Waals surface area contributed by atoms with Crippen molar-refractivity contribution in [3.8, 4) is 17.3 Å². The van der Waals surface area contributed by atoms with Crippen molar-refractivity contribution in [2.45, 2.75) is 0 Å². The Labute approximate surface area is 100 Å². The predicted molar refractivity (Wildman–Crippen MR) is 57.1 cm³/mol. The van der Waals surface area contributed by atoms with Gasteiger partial charge in [0.05, 0.1) is 17.8 Å². The van der Waals surface area contributed by atoms with Crippen molar-refractivity contribution in [3.63, 3.8) is 0 Å². The van der Waals surface area contributed by atoms with Crippen molar-refractivity contribution in [3.05, 3.63) is 46.9 Å². The summed E-state index contributed by atoms with van der Waals surface area (Å²) < 4.78 is 26.6. The van der Waals surface area contributed by atoms with E-state index < -0.39 is 11.6 Å². The van der Waals surface area contributed by atoms with E-state index in [-0.39, 0.29) is 22.1 Å². The van der Waals surface area contributed by atoms with Gasteiger partial charge in [-0.15, -0.1) is 0 Å². The van der Waals surface area contributed by atoms with Crippen LogP contribution in [0.3, 0.4) is 0 Å². The van der Waals surface area contributed by atoms with Gasteiger partial charge in [0.25, 0.3) is 0 Å². The van der Waals surface area contributed by atoms with Gasteiger partial charge in [0.1, 0.15) is 11.5 Å². The average molecular weight is 252 g/mol. The Morgan fingerprint density at radius 3 is 2.71 bits per heavy atom. The van der Waals surface area contributed by atoms with Crippen molar-refractivity contribution >= 4 is 11.6 Å². The molecule has 0 radical (unpaired) electrons. The molecule has 0 N–H and O–H groups in total. The molecule has 6 heteroatoms. The number of rotatable bonds is 1. The van der Waals surface area contributed by atoms with Gasteiger partial charge >= 0.3 is 0 Å². The summed E-state index contributed by atoms with van der Waals surface area (Å²) >= 11 is 5.53. The number of aromatic nitrogens is 2. The molecule has 17 heavy (non-hydrogen) atoms. The van der Waals surface area contributed by atoms with Crippen LogP contribution in [-0.4, -0.2) is 9.97 Å². The van der Waals surface area contributed by atoms with Gasteiger partial charge in [-0.25, -0.2) is 18.7 Å². The average Bonchev–Trinajstić information content (AvgIpc) is 2.31. The zero-order chi connectivity index (χ0) is 12.4. The van der Waals surface area contributed by atoms with Gasteiger partial charge in [0, 0.05) is 5.56 Å². The molecule has 2 aromatic rings. The second-order valence-electron chi connectivity index (χ2n) is 3.18. The summed E-state index contributed by atoms with van der Waals surface area (Å²) in [5.74, 6) is -1.38. The molecule has 0 bridgehead atoms. The number of benzene rings is 1. The first kappa shape index (κ1) is 11.4. The molecule has 0 amide bonds. The molecule has 0 aliphatic heterocycles. The van der Waals surface area contributed by atoms with Crippen molar-refractivity contribution in [2.75, 3.05) is 0 Å². The highest BCUT2D eigenvalue weighted by Crippen LogP contribution is 2.23. The van der Waals surface area contributed by atoms with Crippen LogP contribution in [0.2, 0.25) is 5.28 Å². The molecule has 0 aliphatic rings. The molecule has 1 aromatic heterocycles. The van der Waals surface area contributed by atoms with Crippen LogP contribution in [0.1, 0.15) is 5.56 Å². The first-order valence-corrected chi connectivity index (χ1v) is 4.87. The minimum absolute atomic E-state index is 0.0779. The third kappa shape index (κ3) is 2.37. The van der Waals surface area contributed by atoms with Crippen LogP contribution in [0.15, 0.2) is 24.4 Å². The quantitative estimate of drug-likeness (QED) is 0.732. The Kier molecular flexibility index (Phi) is 2.98. The summed E-state index contributed by atoms with van der Waals surface area (Å²) in [7, 11) is 0. The van der Waals surface area contributed by atoms with Gasteiger partial charge in [-0.3, -0.25) is 0 Å². The van der Waals surface area contributed by atoms with E-state index in [4.69, 9.17) is 16.9 Å². The highest BCUT2D eigenvalue weighted by atomic mass is 35.5. The van der Waals surface area contributed by atoms with E-state index in [1.807, 2.05) is 0 Å². The molecule has 84 valence electrons. The Balaban J connectivity index is 2.64. The second kappa shape index (κ2) is 4.44. The van der Waals surface area contributed by atoms with E-state index >= 15 is 0 Å². The predicted octanol–water partition coefficient (Wildman–Crippen LogP) is 2.95. The van der Waals surface area contributed by atoms with E-state index in [0.717, 1.165) is 18.3 Å². The summed E-state index contributed by atoms with van der Waals surface area (Å²) in [4.78, 5) is 7.11. The molecule has 3 nitrogen and oxygen atoms in total. The Bertz CT molecular complexity index is 623. The number of halogens is 3. The molecular formula is C11H4ClF2N3. The van der Waals surface area contributed by atoms with E-state index in [9.17, 15) is 8.78 Å². The SMILES string of the molecule is N#Cc1cc(F)cc(-c2nc(Cl)ncc2F)c1. The number of nitriles is 1. The highest BCUT2D eigenvalue weighted by molar-refractivity contribution is 6.28. The fraction of sp³-hybridized carbons (Fsp3) is 0.